The smallest absolute Gasteiger partial charge is 0.196 e. The number of carbonyl (C=O) groups excluding carboxylic acids is 1. The van der Waals surface area contributed by atoms with E-state index in [0.717, 1.165) is 44.8 Å². The topological polar surface area (TPSA) is 113 Å². The molecule has 0 aliphatic carbocycles. The number of aromatic amines is 1. The Morgan fingerprint density at radius 3 is 2.79 bits per heavy atom. The van der Waals surface area contributed by atoms with Gasteiger partial charge in [-0.25, -0.2) is 9.97 Å². The van der Waals surface area contributed by atoms with E-state index in [1.807, 2.05) is 12.1 Å². The first kappa shape index (κ1) is 21.8. The Hall–Kier alpha value is -2.72. The maximum Gasteiger partial charge on any atom is 0.196 e. The van der Waals surface area contributed by atoms with Gasteiger partial charge in [-0.1, -0.05) is 11.6 Å². The second kappa shape index (κ2) is 8.49. The van der Waals surface area contributed by atoms with Crippen LogP contribution in [0, 0.1) is 5.41 Å². The van der Waals surface area contributed by atoms with E-state index >= 15 is 0 Å². The number of ether oxygens (including phenoxy) is 2. The van der Waals surface area contributed by atoms with Crippen LogP contribution in [0.3, 0.4) is 0 Å². The first-order chi connectivity index (χ1) is 16.5. The fraction of sp³-hybridized carbons (Fsp3) is 0.458. The zero-order valence-corrected chi connectivity index (χ0v) is 19.3. The fourth-order valence-corrected chi connectivity index (χ4v) is 5.32. The molecule has 9 nitrogen and oxygen atoms in total. The average Bonchev–Trinajstić information content (AvgIpc) is 3.23. The summed E-state index contributed by atoms with van der Waals surface area (Å²) in [6, 6.07) is 5.64. The third-order valence-electron chi connectivity index (χ3n) is 7.06. The Morgan fingerprint density at radius 1 is 1.26 bits per heavy atom. The Bertz CT molecular complexity index is 1230. The molecule has 3 aliphatic rings. The molecule has 0 saturated carbocycles. The Kier molecular flexibility index (Phi) is 5.44. The molecule has 34 heavy (non-hydrogen) atoms. The monoisotopic (exact) mass is 483 g/mol. The molecule has 10 heteroatoms. The van der Waals surface area contributed by atoms with Crippen molar-refractivity contribution in [2.75, 3.05) is 49.7 Å². The highest BCUT2D eigenvalue weighted by molar-refractivity contribution is 6.36. The van der Waals surface area contributed by atoms with Gasteiger partial charge in [0.15, 0.2) is 5.78 Å². The Morgan fingerprint density at radius 2 is 2.12 bits per heavy atom. The van der Waals surface area contributed by atoms with Crippen LogP contribution in [0.2, 0.25) is 5.02 Å². The van der Waals surface area contributed by atoms with Crippen LogP contribution >= 0.6 is 11.6 Å². The molecule has 3 aromatic rings. The van der Waals surface area contributed by atoms with Crippen LogP contribution in [-0.2, 0) is 9.47 Å². The molecule has 0 bridgehead atoms. The number of ketones is 1. The van der Waals surface area contributed by atoms with Crippen LogP contribution < -0.4 is 10.2 Å². The predicted octanol–water partition coefficient (Wildman–Crippen LogP) is 2.63. The molecule has 3 saturated heterocycles. The highest BCUT2D eigenvalue weighted by atomic mass is 35.5. The van der Waals surface area contributed by atoms with Gasteiger partial charge >= 0.3 is 0 Å². The standard InChI is InChI=1S/C24H26ClN5O4/c25-19-5-15(30-9-24(10-30)11-33-12-24)2-4-17(19)21(32)18-6-26-22-20(18)23(28-13-27-22)29-14-1-3-16(7-31)34-8-14/h2,4-6,13-14,16,31H,1,3,7-12H2,(H2,26,27,28,29)/t14-,16-/m1/s1. The summed E-state index contributed by atoms with van der Waals surface area (Å²) in [6.07, 6.45) is 4.59. The number of H-pyrrole nitrogens is 1. The van der Waals surface area contributed by atoms with Gasteiger partial charge < -0.3 is 29.8 Å². The van der Waals surface area contributed by atoms with E-state index < -0.39 is 0 Å². The number of anilines is 2. The number of halogens is 1. The molecule has 2 aromatic heterocycles. The van der Waals surface area contributed by atoms with Crippen molar-refractivity contribution in [3.05, 3.63) is 46.9 Å². The SMILES string of the molecule is O=C(c1ccc(N2CC3(COC3)C2)cc1Cl)c1c[nH]c2ncnc(N[C@@H]3CC[C@H](CO)OC3)c12. The molecule has 0 radical (unpaired) electrons. The minimum absolute atomic E-state index is 0.0214. The highest BCUT2D eigenvalue weighted by Gasteiger charge is 2.49. The number of hydrogen-bond acceptors (Lipinski definition) is 8. The zero-order valence-electron chi connectivity index (χ0n) is 18.6. The molecular formula is C24H26ClN5O4. The lowest BCUT2D eigenvalue weighted by Crippen LogP contribution is -2.66. The molecule has 1 aromatic carbocycles. The summed E-state index contributed by atoms with van der Waals surface area (Å²) in [5, 5.41) is 13.7. The second-order valence-electron chi connectivity index (χ2n) is 9.55. The van der Waals surface area contributed by atoms with Crippen LogP contribution in [0.15, 0.2) is 30.7 Å². The van der Waals surface area contributed by atoms with Gasteiger partial charge in [0.1, 0.15) is 17.8 Å². The van der Waals surface area contributed by atoms with Gasteiger partial charge in [0.25, 0.3) is 0 Å². The number of nitrogens with zero attached hydrogens (tertiary/aromatic N) is 3. The van der Waals surface area contributed by atoms with Crippen molar-refractivity contribution >= 4 is 39.9 Å². The number of aromatic nitrogens is 3. The van der Waals surface area contributed by atoms with Crippen molar-refractivity contribution in [2.24, 2.45) is 5.41 Å². The van der Waals surface area contributed by atoms with Crippen LogP contribution in [-0.4, -0.2) is 77.5 Å². The summed E-state index contributed by atoms with van der Waals surface area (Å²) in [4.78, 5) is 27.6. The molecule has 0 amide bonds. The third-order valence-corrected chi connectivity index (χ3v) is 7.37. The first-order valence-electron chi connectivity index (χ1n) is 11.5. The highest BCUT2D eigenvalue weighted by Crippen LogP contribution is 2.41. The fourth-order valence-electron chi connectivity index (χ4n) is 5.06. The first-order valence-corrected chi connectivity index (χ1v) is 11.9. The van der Waals surface area contributed by atoms with Crippen LogP contribution in [0.5, 0.6) is 0 Å². The number of benzene rings is 1. The minimum Gasteiger partial charge on any atom is -0.394 e. The van der Waals surface area contributed by atoms with Crippen molar-refractivity contribution in [1.82, 2.24) is 15.0 Å². The summed E-state index contributed by atoms with van der Waals surface area (Å²) >= 11 is 6.59. The normalized spacial score (nSPS) is 23.5. The number of rotatable bonds is 6. The third kappa shape index (κ3) is 3.73. The summed E-state index contributed by atoms with van der Waals surface area (Å²) < 4.78 is 11.0. The molecule has 2 atom stereocenters. The van der Waals surface area contributed by atoms with Gasteiger partial charge in [0, 0.05) is 30.5 Å². The van der Waals surface area contributed by atoms with Gasteiger partial charge in [-0.15, -0.1) is 0 Å². The van der Waals surface area contributed by atoms with Crippen LogP contribution in [0.1, 0.15) is 28.8 Å². The zero-order chi connectivity index (χ0) is 23.3. The van der Waals surface area contributed by atoms with Gasteiger partial charge in [0.2, 0.25) is 0 Å². The van der Waals surface area contributed by atoms with E-state index in [1.165, 1.54) is 6.33 Å². The Labute approximate surface area is 201 Å². The largest absolute Gasteiger partial charge is 0.394 e. The van der Waals surface area contributed by atoms with Crippen LogP contribution in [0.25, 0.3) is 11.0 Å². The second-order valence-corrected chi connectivity index (χ2v) is 9.95. The number of carbonyl (C=O) groups is 1. The van der Waals surface area contributed by atoms with Crippen molar-refractivity contribution in [2.45, 2.75) is 25.0 Å². The lowest BCUT2D eigenvalue weighted by molar-refractivity contribution is -0.127. The summed E-state index contributed by atoms with van der Waals surface area (Å²) in [5.74, 6) is 0.389. The lowest BCUT2D eigenvalue weighted by atomic mass is 9.78. The number of aliphatic hydroxyl groups excluding tert-OH is 1. The summed E-state index contributed by atoms with van der Waals surface area (Å²) in [7, 11) is 0. The predicted molar refractivity (Wildman–Crippen MR) is 128 cm³/mol. The van der Waals surface area contributed by atoms with Crippen molar-refractivity contribution in [1.29, 1.82) is 0 Å². The van der Waals surface area contributed by atoms with Crippen molar-refractivity contribution < 1.29 is 19.4 Å². The van der Waals surface area contributed by atoms with E-state index in [1.54, 1.807) is 12.3 Å². The van der Waals surface area contributed by atoms with E-state index in [9.17, 15) is 9.90 Å². The van der Waals surface area contributed by atoms with Gasteiger partial charge in [-0.2, -0.15) is 0 Å². The van der Waals surface area contributed by atoms with Gasteiger partial charge in [0.05, 0.1) is 60.0 Å². The summed E-state index contributed by atoms with van der Waals surface area (Å²) in [6.45, 7) is 4.03. The molecule has 5 heterocycles. The molecule has 3 fully saturated rings. The number of fused-ring (bicyclic) bond motifs is 1. The number of aliphatic hydroxyl groups is 1. The lowest BCUT2D eigenvalue weighted by Gasteiger charge is -2.56. The quantitative estimate of drug-likeness (QED) is 0.459. The van der Waals surface area contributed by atoms with E-state index in [0.29, 0.717) is 45.0 Å². The van der Waals surface area contributed by atoms with Crippen LogP contribution in [0.4, 0.5) is 11.5 Å². The maximum atomic E-state index is 13.5. The number of hydrogen-bond donors (Lipinski definition) is 3. The molecule has 178 valence electrons. The maximum absolute atomic E-state index is 13.5. The molecule has 1 spiro atoms. The molecule has 3 aliphatic heterocycles. The van der Waals surface area contributed by atoms with Crippen molar-refractivity contribution in [3.8, 4) is 0 Å². The molecule has 3 N–H and O–H groups in total. The van der Waals surface area contributed by atoms with Gasteiger partial charge in [-0.3, -0.25) is 4.79 Å². The molecule has 6 rings (SSSR count). The van der Waals surface area contributed by atoms with E-state index in [2.05, 4.69) is 25.2 Å². The average molecular weight is 484 g/mol. The number of nitrogens with one attached hydrogen (secondary N) is 2. The summed E-state index contributed by atoms with van der Waals surface area (Å²) in [5.41, 5.74) is 2.80. The molecule has 0 unspecified atom stereocenters. The Balaban J connectivity index is 1.24. The minimum atomic E-state index is -0.187. The van der Waals surface area contributed by atoms with E-state index in [4.69, 9.17) is 21.1 Å². The van der Waals surface area contributed by atoms with Gasteiger partial charge in [-0.05, 0) is 31.0 Å². The molecular weight excluding hydrogens is 458 g/mol. The van der Waals surface area contributed by atoms with E-state index in [-0.39, 0.29) is 24.5 Å². The van der Waals surface area contributed by atoms with Crippen molar-refractivity contribution in [3.63, 3.8) is 0 Å².